The molecular weight excluding hydrogens is 791 g/mol. The van der Waals surface area contributed by atoms with Gasteiger partial charge in [0.2, 0.25) is 17.8 Å². The highest BCUT2D eigenvalue weighted by Gasteiger charge is 2.43. The van der Waals surface area contributed by atoms with E-state index in [-0.39, 0.29) is 48.4 Å². The predicted octanol–water partition coefficient (Wildman–Crippen LogP) is 7.06. The van der Waals surface area contributed by atoms with Crippen LogP contribution in [0.1, 0.15) is 67.7 Å². The number of phenolic OH excluding ortho intramolecular Hbond substituents is 1. The predicted molar refractivity (Wildman–Crippen MR) is 232 cm³/mol. The van der Waals surface area contributed by atoms with Crippen molar-refractivity contribution in [2.24, 2.45) is 5.92 Å². The summed E-state index contributed by atoms with van der Waals surface area (Å²) in [4.78, 5) is 46.3. The number of aliphatic hydroxyl groups excluding tert-OH is 1. The molecule has 0 aliphatic carbocycles. The lowest BCUT2D eigenvalue weighted by Crippen LogP contribution is -2.48. The standard InChI is InChI=1S/C46H45N9O5S/c1-25(2)42(45(59)55-23-34(56)17-39(55)44(58)50-26(3)28-9-11-29(12-10-28)43-27(4)49-24-61-43)41-18-37(53-60-41)32-19-47-46(48-20-32)54-21-33(22-54)30-13-14-36-31(15-30)16-38(52-51-36)35-7-5-6-8-40(35)57/h5-16,18-20,24-26,33-34,39,42,56-57H,17,21-23H2,1-4H3,(H,50,58)/t26-,34+,39-,42-/m0/s1. The molecule has 6 heterocycles. The van der Waals surface area contributed by atoms with Crippen LogP contribution < -0.4 is 10.2 Å². The SMILES string of the molecule is Cc1ncsc1-c1ccc([C@H](C)NC(=O)[C@@H]2C[C@@H](O)CN2C(=O)[C@H](c2cc(-c3cnc(N4CC(c5ccc6nnc(-c7ccccc7O)cc6c5)C4)nc3)no2)C(C)C)cc1. The number of nitrogens with zero attached hydrogens (tertiary/aromatic N) is 8. The van der Waals surface area contributed by atoms with Crippen LogP contribution in [0.3, 0.4) is 0 Å². The summed E-state index contributed by atoms with van der Waals surface area (Å²) in [5.41, 5.74) is 9.13. The van der Waals surface area contributed by atoms with E-state index in [1.807, 2.05) is 81.7 Å². The van der Waals surface area contributed by atoms with Crippen LogP contribution in [0.5, 0.6) is 5.75 Å². The second kappa shape index (κ2) is 16.5. The molecule has 4 atom stereocenters. The van der Waals surface area contributed by atoms with Crippen molar-refractivity contribution in [1.29, 1.82) is 0 Å². The van der Waals surface area contributed by atoms with Crippen LogP contribution in [0, 0.1) is 12.8 Å². The first-order chi connectivity index (χ1) is 29.5. The summed E-state index contributed by atoms with van der Waals surface area (Å²) >= 11 is 1.59. The van der Waals surface area contributed by atoms with E-state index in [0.29, 0.717) is 34.2 Å². The Hall–Kier alpha value is -6.58. The Morgan fingerprint density at radius 1 is 0.885 bits per heavy atom. The van der Waals surface area contributed by atoms with Gasteiger partial charge in [-0.25, -0.2) is 15.0 Å². The van der Waals surface area contributed by atoms with Crippen molar-refractivity contribution in [1.82, 2.24) is 40.5 Å². The van der Waals surface area contributed by atoms with Crippen molar-refractivity contribution in [2.75, 3.05) is 24.5 Å². The number of aromatic hydroxyl groups is 1. The fourth-order valence-corrected chi connectivity index (χ4v) is 9.11. The minimum Gasteiger partial charge on any atom is -0.507 e. The number of aromatic nitrogens is 6. The third kappa shape index (κ3) is 7.93. The molecule has 2 amide bonds. The number of β-amino-alcohol motifs (C(OH)–C–C–N with tert-alkyl or cyclic N) is 1. The molecule has 9 rings (SSSR count). The molecule has 61 heavy (non-hydrogen) atoms. The monoisotopic (exact) mass is 835 g/mol. The topological polar surface area (TPSA) is 184 Å². The molecule has 3 aromatic carbocycles. The van der Waals surface area contributed by atoms with Gasteiger partial charge >= 0.3 is 0 Å². The molecule has 3 N–H and O–H groups in total. The van der Waals surface area contributed by atoms with Gasteiger partial charge in [0.05, 0.1) is 39.4 Å². The van der Waals surface area contributed by atoms with E-state index >= 15 is 0 Å². The van der Waals surface area contributed by atoms with E-state index in [1.165, 1.54) is 10.5 Å². The first kappa shape index (κ1) is 39.9. The molecule has 310 valence electrons. The number of anilines is 1. The molecule has 4 aromatic heterocycles. The number of hydrogen-bond donors (Lipinski definition) is 3. The zero-order valence-corrected chi connectivity index (χ0v) is 35.0. The third-order valence-corrected chi connectivity index (χ3v) is 12.7. The second-order valence-corrected chi connectivity index (χ2v) is 17.1. The van der Waals surface area contributed by atoms with Gasteiger partial charge in [0.1, 0.15) is 29.2 Å². The van der Waals surface area contributed by atoms with Crippen molar-refractivity contribution >= 4 is 40.0 Å². The van der Waals surface area contributed by atoms with Crippen LogP contribution in [-0.4, -0.2) is 89.0 Å². The maximum Gasteiger partial charge on any atom is 0.243 e. The minimum absolute atomic E-state index is 0.0429. The van der Waals surface area contributed by atoms with Gasteiger partial charge in [-0.2, -0.15) is 0 Å². The van der Waals surface area contributed by atoms with Crippen LogP contribution in [0.25, 0.3) is 43.9 Å². The first-order valence-corrected chi connectivity index (χ1v) is 21.3. The molecule has 14 nitrogen and oxygen atoms in total. The molecule has 2 aliphatic heterocycles. The number of phenols is 1. The molecule has 7 aromatic rings. The number of para-hydroxylation sites is 1. The number of carbonyl (C=O) groups excluding carboxylic acids is 2. The lowest BCUT2D eigenvalue weighted by molar-refractivity contribution is -0.141. The van der Waals surface area contributed by atoms with E-state index < -0.39 is 18.1 Å². The molecule has 2 fully saturated rings. The lowest BCUT2D eigenvalue weighted by Gasteiger charge is -2.39. The number of benzene rings is 3. The molecule has 0 saturated carbocycles. The lowest BCUT2D eigenvalue weighted by atomic mass is 9.90. The van der Waals surface area contributed by atoms with E-state index in [4.69, 9.17) is 4.52 Å². The maximum atomic E-state index is 14.3. The average molecular weight is 836 g/mol. The molecule has 2 aliphatic rings. The molecule has 2 saturated heterocycles. The van der Waals surface area contributed by atoms with Crippen LogP contribution in [0.4, 0.5) is 5.95 Å². The second-order valence-electron chi connectivity index (χ2n) is 16.3. The summed E-state index contributed by atoms with van der Waals surface area (Å²) in [5.74, 6) is -0.153. The number of likely N-dealkylation sites (tertiary alicyclic amines) is 1. The van der Waals surface area contributed by atoms with Crippen molar-refractivity contribution in [2.45, 2.75) is 64.1 Å². The van der Waals surface area contributed by atoms with Crippen LogP contribution >= 0.6 is 11.3 Å². The Labute approximate surface area is 356 Å². The Kier molecular flexibility index (Phi) is 10.8. The summed E-state index contributed by atoms with van der Waals surface area (Å²) < 4.78 is 5.80. The zero-order chi connectivity index (χ0) is 42.4. The molecule has 0 radical (unpaired) electrons. The number of fused-ring (bicyclic) bond motifs is 1. The number of rotatable bonds is 11. The summed E-state index contributed by atoms with van der Waals surface area (Å²) in [5, 5.41) is 38.0. The largest absolute Gasteiger partial charge is 0.507 e. The highest BCUT2D eigenvalue weighted by molar-refractivity contribution is 7.13. The van der Waals surface area contributed by atoms with Gasteiger partial charge in [0.25, 0.3) is 0 Å². The fraction of sp³-hybridized carbons (Fsp3) is 0.304. The third-order valence-electron chi connectivity index (χ3n) is 11.8. The highest BCUT2D eigenvalue weighted by Crippen LogP contribution is 2.36. The van der Waals surface area contributed by atoms with Gasteiger partial charge in [0.15, 0.2) is 0 Å². The quantitative estimate of drug-likeness (QED) is 0.121. The van der Waals surface area contributed by atoms with Crippen molar-refractivity contribution < 1.29 is 24.3 Å². The number of nitrogens with one attached hydrogen (secondary N) is 1. The summed E-state index contributed by atoms with van der Waals surface area (Å²) in [6, 6.07) is 23.8. The van der Waals surface area contributed by atoms with Gasteiger partial charge in [-0.15, -0.1) is 21.5 Å². The van der Waals surface area contributed by atoms with Crippen molar-refractivity contribution in [3.8, 4) is 38.7 Å². The number of carbonyl (C=O) groups is 2. The van der Waals surface area contributed by atoms with E-state index in [9.17, 15) is 19.8 Å². The van der Waals surface area contributed by atoms with E-state index in [0.717, 1.165) is 45.7 Å². The smallest absolute Gasteiger partial charge is 0.243 e. The zero-order valence-electron chi connectivity index (χ0n) is 34.1. The van der Waals surface area contributed by atoms with Crippen molar-refractivity contribution in [3.05, 3.63) is 119 Å². The summed E-state index contributed by atoms with van der Waals surface area (Å²) in [6.45, 7) is 9.26. The van der Waals surface area contributed by atoms with Crippen LogP contribution in [-0.2, 0) is 9.59 Å². The Bertz CT molecular complexity index is 2710. The van der Waals surface area contributed by atoms with Crippen LogP contribution in [0.15, 0.2) is 101 Å². The highest BCUT2D eigenvalue weighted by atomic mass is 32.1. The molecule has 0 unspecified atom stereocenters. The van der Waals surface area contributed by atoms with Gasteiger partial charge in [-0.05, 0) is 66.8 Å². The maximum absolute atomic E-state index is 14.3. The van der Waals surface area contributed by atoms with Gasteiger partial charge in [-0.1, -0.05) is 61.5 Å². The molecule has 15 heteroatoms. The number of thiazole rings is 1. The number of amides is 2. The first-order valence-electron chi connectivity index (χ1n) is 20.4. The Morgan fingerprint density at radius 2 is 1.66 bits per heavy atom. The molecule has 0 spiro atoms. The molecule has 0 bridgehead atoms. The van der Waals surface area contributed by atoms with Gasteiger partial charge in [0, 0.05) is 66.9 Å². The summed E-state index contributed by atoms with van der Waals surface area (Å²) in [6.07, 6.45) is 2.70. The van der Waals surface area contributed by atoms with Crippen molar-refractivity contribution in [3.63, 3.8) is 0 Å². The van der Waals surface area contributed by atoms with Crippen LogP contribution in [0.2, 0.25) is 0 Å². The van der Waals surface area contributed by atoms with Gasteiger partial charge < -0.3 is 29.9 Å². The molecular formula is C46H45N9O5S. The Morgan fingerprint density at radius 3 is 2.38 bits per heavy atom. The van der Waals surface area contributed by atoms with Gasteiger partial charge in [-0.3, -0.25) is 9.59 Å². The van der Waals surface area contributed by atoms with E-state index in [2.05, 4.69) is 52.7 Å². The fourth-order valence-electron chi connectivity index (χ4n) is 8.30. The normalized spacial score (nSPS) is 17.7. The minimum atomic E-state index is -0.840. The number of aliphatic hydroxyl groups is 1. The number of hydrogen-bond acceptors (Lipinski definition) is 13. The Balaban J connectivity index is 0.836. The van der Waals surface area contributed by atoms with E-state index in [1.54, 1.807) is 41.9 Å². The number of aryl methyl sites for hydroxylation is 1. The summed E-state index contributed by atoms with van der Waals surface area (Å²) in [7, 11) is 0. The average Bonchev–Trinajstić information content (AvgIpc) is 4.01.